The highest BCUT2D eigenvalue weighted by Gasteiger charge is 2.14. The van der Waals surface area contributed by atoms with Gasteiger partial charge in [0.2, 0.25) is 0 Å². The van der Waals surface area contributed by atoms with Gasteiger partial charge in [0, 0.05) is 33.9 Å². The zero-order valence-corrected chi connectivity index (χ0v) is 14.1. The third-order valence-electron chi connectivity index (χ3n) is 3.59. The third kappa shape index (κ3) is 3.83. The van der Waals surface area contributed by atoms with E-state index in [0.29, 0.717) is 12.8 Å². The molecule has 1 atom stereocenters. The second-order valence-corrected chi connectivity index (χ2v) is 6.05. The predicted molar refractivity (Wildman–Crippen MR) is 87.8 cm³/mol. The van der Waals surface area contributed by atoms with Crippen LogP contribution in [0.25, 0.3) is 0 Å². The van der Waals surface area contributed by atoms with Crippen molar-refractivity contribution in [2.75, 3.05) is 7.11 Å². The monoisotopic (exact) mass is 349 g/mol. The molecule has 0 fully saturated rings. The molecule has 0 saturated heterocycles. The topological polar surface area (TPSA) is 42.4 Å². The van der Waals surface area contributed by atoms with Gasteiger partial charge in [-0.2, -0.15) is 0 Å². The summed E-state index contributed by atoms with van der Waals surface area (Å²) in [5.74, 6) is 0.855. The molecule has 0 aliphatic carbocycles. The number of nitrogens with zero attached hydrogens (tertiary/aromatic N) is 1. The average molecular weight is 350 g/mol. The number of halogens is 1. The van der Waals surface area contributed by atoms with Crippen molar-refractivity contribution in [1.29, 1.82) is 0 Å². The number of benzene rings is 1. The van der Waals surface area contributed by atoms with E-state index in [1.807, 2.05) is 38.1 Å². The normalized spacial score (nSPS) is 12.2. The van der Waals surface area contributed by atoms with Crippen molar-refractivity contribution in [3.63, 3.8) is 0 Å². The summed E-state index contributed by atoms with van der Waals surface area (Å²) in [4.78, 5) is 4.44. The Morgan fingerprint density at radius 2 is 1.95 bits per heavy atom. The predicted octanol–water partition coefficient (Wildman–Crippen LogP) is 3.62. The summed E-state index contributed by atoms with van der Waals surface area (Å²) in [5, 5.41) is 10.3. The molecular weight excluding hydrogens is 330 g/mol. The summed E-state index contributed by atoms with van der Waals surface area (Å²) >= 11 is 3.51. The number of aromatic nitrogens is 1. The van der Waals surface area contributed by atoms with Gasteiger partial charge in [-0.15, -0.1) is 0 Å². The van der Waals surface area contributed by atoms with Gasteiger partial charge in [0.15, 0.2) is 0 Å². The summed E-state index contributed by atoms with van der Waals surface area (Å²) in [7, 11) is 1.66. The number of methoxy groups -OCH3 is 1. The Morgan fingerprint density at radius 3 is 2.62 bits per heavy atom. The van der Waals surface area contributed by atoms with Gasteiger partial charge in [0.25, 0.3) is 0 Å². The zero-order valence-electron chi connectivity index (χ0n) is 12.6. The number of pyridine rings is 1. The maximum atomic E-state index is 10.3. The molecule has 112 valence electrons. The number of aliphatic hydroxyl groups is 1. The molecule has 0 spiro atoms. The number of hydrogen-bond acceptors (Lipinski definition) is 3. The van der Waals surface area contributed by atoms with Crippen molar-refractivity contribution in [2.24, 2.45) is 0 Å². The molecular formula is C17H20BrNO2. The summed E-state index contributed by atoms with van der Waals surface area (Å²) < 4.78 is 6.43. The van der Waals surface area contributed by atoms with Gasteiger partial charge in [0.05, 0.1) is 13.2 Å². The molecule has 1 aromatic carbocycles. The van der Waals surface area contributed by atoms with Crippen LogP contribution >= 0.6 is 15.9 Å². The second kappa shape index (κ2) is 7.05. The van der Waals surface area contributed by atoms with Crippen LogP contribution in [0, 0.1) is 13.8 Å². The van der Waals surface area contributed by atoms with Gasteiger partial charge < -0.3 is 9.84 Å². The van der Waals surface area contributed by atoms with Crippen molar-refractivity contribution in [1.82, 2.24) is 4.98 Å². The molecule has 1 heterocycles. The molecule has 4 heteroatoms. The molecule has 1 unspecified atom stereocenters. The molecule has 21 heavy (non-hydrogen) atoms. The minimum atomic E-state index is -0.470. The number of aryl methyl sites for hydroxylation is 1. The minimum Gasteiger partial charge on any atom is -0.496 e. The molecule has 3 nitrogen and oxygen atoms in total. The van der Waals surface area contributed by atoms with Crippen LogP contribution in [-0.4, -0.2) is 23.3 Å². The molecule has 0 amide bonds. The Balaban J connectivity index is 2.13. The van der Waals surface area contributed by atoms with Gasteiger partial charge in [-0.05, 0) is 31.9 Å². The lowest BCUT2D eigenvalue weighted by atomic mass is 10.0. The van der Waals surface area contributed by atoms with Crippen molar-refractivity contribution in [3.8, 4) is 5.75 Å². The lowest BCUT2D eigenvalue weighted by Crippen LogP contribution is -2.16. The molecule has 0 bridgehead atoms. The van der Waals surface area contributed by atoms with Crippen molar-refractivity contribution < 1.29 is 9.84 Å². The Kier molecular flexibility index (Phi) is 5.37. The molecule has 0 aliphatic rings. The summed E-state index contributed by atoms with van der Waals surface area (Å²) in [6.07, 6.45) is 2.44. The first-order valence-electron chi connectivity index (χ1n) is 6.93. The minimum absolute atomic E-state index is 0.470. The van der Waals surface area contributed by atoms with Gasteiger partial charge in [-0.1, -0.05) is 34.1 Å². The fraction of sp³-hybridized carbons (Fsp3) is 0.353. The van der Waals surface area contributed by atoms with Crippen molar-refractivity contribution in [2.45, 2.75) is 32.8 Å². The number of aliphatic hydroxyl groups excluding tert-OH is 1. The highest BCUT2D eigenvalue weighted by Crippen LogP contribution is 2.25. The standard InChI is InChI=1S/C17H20BrNO2/c1-11-10-19-16(12(2)17(11)21-3)9-14(20)8-13-6-4-5-7-15(13)18/h4-7,10,14,20H,8-9H2,1-3H3. The van der Waals surface area contributed by atoms with Gasteiger partial charge >= 0.3 is 0 Å². The first kappa shape index (κ1) is 16.0. The smallest absolute Gasteiger partial charge is 0.128 e. The Hall–Kier alpha value is -1.39. The van der Waals surface area contributed by atoms with Gasteiger partial charge in [-0.25, -0.2) is 0 Å². The number of rotatable bonds is 5. The lowest BCUT2D eigenvalue weighted by molar-refractivity contribution is 0.173. The first-order chi connectivity index (χ1) is 10.0. The summed E-state index contributed by atoms with van der Waals surface area (Å²) in [5.41, 5.74) is 4.00. The van der Waals surface area contributed by atoms with Crippen molar-refractivity contribution in [3.05, 3.63) is 57.3 Å². The van der Waals surface area contributed by atoms with Gasteiger partial charge in [-0.3, -0.25) is 4.98 Å². The lowest BCUT2D eigenvalue weighted by Gasteiger charge is -2.15. The first-order valence-corrected chi connectivity index (χ1v) is 7.72. The van der Waals surface area contributed by atoms with E-state index < -0.39 is 6.10 Å². The molecule has 0 saturated carbocycles. The maximum absolute atomic E-state index is 10.3. The quantitative estimate of drug-likeness (QED) is 0.896. The van der Waals surface area contributed by atoms with E-state index in [4.69, 9.17) is 4.74 Å². The van der Waals surface area contributed by atoms with Crippen LogP contribution in [0.3, 0.4) is 0 Å². The highest BCUT2D eigenvalue weighted by atomic mass is 79.9. The van der Waals surface area contributed by atoms with E-state index in [2.05, 4.69) is 20.9 Å². The van der Waals surface area contributed by atoms with Crippen molar-refractivity contribution >= 4 is 15.9 Å². The van der Waals surface area contributed by atoms with Crippen LogP contribution in [0.1, 0.15) is 22.4 Å². The average Bonchev–Trinajstić information content (AvgIpc) is 2.45. The fourth-order valence-corrected chi connectivity index (χ4v) is 2.94. The Labute approximate surface area is 134 Å². The summed E-state index contributed by atoms with van der Waals surface area (Å²) in [6, 6.07) is 7.95. The fourth-order valence-electron chi connectivity index (χ4n) is 2.49. The number of hydrogen-bond donors (Lipinski definition) is 1. The molecule has 1 N–H and O–H groups in total. The molecule has 2 aromatic rings. The van der Waals surface area contributed by atoms with Crippen LogP contribution in [0.15, 0.2) is 34.9 Å². The third-order valence-corrected chi connectivity index (χ3v) is 4.37. The van der Waals surface area contributed by atoms with Crippen LogP contribution in [0.4, 0.5) is 0 Å². The van der Waals surface area contributed by atoms with E-state index in [1.54, 1.807) is 13.3 Å². The molecule has 2 rings (SSSR count). The molecule has 0 aliphatic heterocycles. The van der Waals surface area contributed by atoms with E-state index >= 15 is 0 Å². The van der Waals surface area contributed by atoms with E-state index in [1.165, 1.54) is 0 Å². The Morgan fingerprint density at radius 1 is 1.24 bits per heavy atom. The van der Waals surface area contributed by atoms with Gasteiger partial charge in [0.1, 0.15) is 5.75 Å². The second-order valence-electron chi connectivity index (χ2n) is 5.20. The van der Waals surface area contributed by atoms with E-state index in [9.17, 15) is 5.11 Å². The largest absolute Gasteiger partial charge is 0.496 e. The Bertz CT molecular complexity index is 628. The highest BCUT2D eigenvalue weighted by molar-refractivity contribution is 9.10. The van der Waals surface area contributed by atoms with E-state index in [-0.39, 0.29) is 0 Å². The molecule has 0 radical (unpaired) electrons. The van der Waals surface area contributed by atoms with Crippen LogP contribution < -0.4 is 4.74 Å². The summed E-state index contributed by atoms with van der Waals surface area (Å²) in [6.45, 7) is 3.96. The van der Waals surface area contributed by atoms with Crippen LogP contribution in [0.5, 0.6) is 5.75 Å². The van der Waals surface area contributed by atoms with Crippen LogP contribution in [-0.2, 0) is 12.8 Å². The maximum Gasteiger partial charge on any atom is 0.128 e. The zero-order chi connectivity index (χ0) is 15.4. The van der Waals surface area contributed by atoms with Crippen LogP contribution in [0.2, 0.25) is 0 Å². The molecule has 1 aromatic heterocycles. The SMILES string of the molecule is COc1c(C)cnc(CC(O)Cc2ccccc2Br)c1C. The number of ether oxygens (including phenoxy) is 1. The van der Waals surface area contributed by atoms with E-state index in [0.717, 1.165) is 32.6 Å².